The van der Waals surface area contributed by atoms with Crippen LogP contribution in [0, 0.1) is 11.3 Å². The summed E-state index contributed by atoms with van der Waals surface area (Å²) in [5.41, 5.74) is 0.898. The molecule has 1 fully saturated rings. The molecule has 0 spiro atoms. The fraction of sp³-hybridized carbons (Fsp3) is 0.588. The Bertz CT molecular complexity index is 617. The van der Waals surface area contributed by atoms with E-state index in [1.807, 2.05) is 13.8 Å². The minimum Gasteiger partial charge on any atom is -0.461 e. The second-order valence-corrected chi connectivity index (χ2v) is 7.62. The van der Waals surface area contributed by atoms with Crippen molar-refractivity contribution in [2.24, 2.45) is 11.3 Å². The molecule has 25 heavy (non-hydrogen) atoms. The average Bonchev–Trinajstić information content (AvgIpc) is 2.98. The molecule has 1 aliphatic rings. The summed E-state index contributed by atoms with van der Waals surface area (Å²) in [6.45, 7) is 2.36. The lowest BCUT2D eigenvalue weighted by atomic mass is 10.1. The number of hydrogen-bond donors (Lipinski definition) is 0. The van der Waals surface area contributed by atoms with Gasteiger partial charge in [0.2, 0.25) is 0 Å². The normalized spacial score (nSPS) is 24.8. The Balaban J connectivity index is 1.81. The van der Waals surface area contributed by atoms with Gasteiger partial charge in [0, 0.05) is 11.3 Å². The van der Waals surface area contributed by atoms with Crippen LogP contribution >= 0.6 is 23.2 Å². The first-order chi connectivity index (χ1) is 11.5. The highest BCUT2D eigenvalue weighted by atomic mass is 35.5. The van der Waals surface area contributed by atoms with Crippen molar-refractivity contribution in [3.05, 3.63) is 35.4 Å². The third-order valence-electron chi connectivity index (χ3n) is 4.54. The van der Waals surface area contributed by atoms with E-state index < -0.39 is 35.0 Å². The molecule has 0 saturated heterocycles. The lowest BCUT2D eigenvalue weighted by Gasteiger charge is -2.09. The summed E-state index contributed by atoms with van der Waals surface area (Å²) in [5.74, 6) is -0.707. The highest BCUT2D eigenvalue weighted by Crippen LogP contribution is 2.66. The smallest absolute Gasteiger partial charge is 0.411 e. The van der Waals surface area contributed by atoms with Crippen LogP contribution in [0.25, 0.3) is 0 Å². The van der Waals surface area contributed by atoms with Crippen molar-refractivity contribution in [2.75, 3.05) is 12.5 Å². The third-order valence-corrected chi connectivity index (χ3v) is 5.93. The molecule has 1 aliphatic carbocycles. The standard InChI is InChI=1S/C17H19Cl2F3O3/c1-15(2)13(16(15,19)9-18)14(23)25-8-12-5-3-11(4-6-12)7-24-10-17(20,21)22/h3-6,13H,7-10H2,1-2H3. The largest absolute Gasteiger partial charge is 0.461 e. The van der Waals surface area contributed by atoms with Gasteiger partial charge in [0.25, 0.3) is 0 Å². The van der Waals surface area contributed by atoms with Crippen LogP contribution in [0.5, 0.6) is 0 Å². The van der Waals surface area contributed by atoms with E-state index in [4.69, 9.17) is 27.9 Å². The Morgan fingerprint density at radius 1 is 1.16 bits per heavy atom. The Hall–Kier alpha value is -0.980. The second-order valence-electron chi connectivity index (χ2n) is 6.68. The summed E-state index contributed by atoms with van der Waals surface area (Å²) < 4.78 is 45.9. The quantitative estimate of drug-likeness (QED) is 0.494. The number of carbonyl (C=O) groups is 1. The second kappa shape index (κ2) is 7.33. The first-order valence-corrected chi connectivity index (χ1v) is 8.56. The molecule has 2 unspecified atom stereocenters. The fourth-order valence-corrected chi connectivity index (χ4v) is 3.70. The number of ether oxygens (including phenoxy) is 2. The maximum Gasteiger partial charge on any atom is 0.411 e. The van der Waals surface area contributed by atoms with Crippen LogP contribution in [0.15, 0.2) is 24.3 Å². The molecule has 0 amide bonds. The number of rotatable bonds is 7. The number of halogens is 5. The molecule has 0 aliphatic heterocycles. The monoisotopic (exact) mass is 398 g/mol. The average molecular weight is 399 g/mol. The Morgan fingerprint density at radius 3 is 2.12 bits per heavy atom. The molecule has 1 aromatic rings. The van der Waals surface area contributed by atoms with Crippen molar-refractivity contribution in [3.63, 3.8) is 0 Å². The highest BCUT2D eigenvalue weighted by Gasteiger charge is 2.74. The molecule has 0 heterocycles. The van der Waals surface area contributed by atoms with Gasteiger partial charge in [-0.15, -0.1) is 23.2 Å². The van der Waals surface area contributed by atoms with Crippen molar-refractivity contribution in [1.29, 1.82) is 0 Å². The van der Waals surface area contributed by atoms with Gasteiger partial charge in [0.1, 0.15) is 13.2 Å². The van der Waals surface area contributed by atoms with Gasteiger partial charge in [-0.25, -0.2) is 0 Å². The van der Waals surface area contributed by atoms with Crippen LogP contribution in [-0.4, -0.2) is 29.5 Å². The summed E-state index contributed by atoms with van der Waals surface area (Å²) in [6.07, 6.45) is -4.34. The van der Waals surface area contributed by atoms with E-state index in [1.165, 1.54) is 0 Å². The minimum absolute atomic E-state index is 0.0599. The summed E-state index contributed by atoms with van der Waals surface area (Å²) >= 11 is 12.2. The lowest BCUT2D eigenvalue weighted by Crippen LogP contribution is -2.16. The zero-order valence-electron chi connectivity index (χ0n) is 13.8. The minimum atomic E-state index is -4.34. The summed E-state index contributed by atoms with van der Waals surface area (Å²) in [5, 5.41) is 0. The lowest BCUT2D eigenvalue weighted by molar-refractivity contribution is -0.176. The number of hydrogen-bond acceptors (Lipinski definition) is 3. The maximum absolute atomic E-state index is 12.2. The van der Waals surface area contributed by atoms with Gasteiger partial charge in [-0.1, -0.05) is 38.1 Å². The van der Waals surface area contributed by atoms with E-state index in [0.717, 1.165) is 5.56 Å². The molecule has 1 aromatic carbocycles. The van der Waals surface area contributed by atoms with Gasteiger partial charge in [-0.05, 0) is 11.1 Å². The third kappa shape index (κ3) is 4.60. The predicted octanol–water partition coefficient (Wildman–Crippen LogP) is 4.68. The van der Waals surface area contributed by atoms with E-state index >= 15 is 0 Å². The van der Waals surface area contributed by atoms with Gasteiger partial charge in [-0.3, -0.25) is 4.79 Å². The molecule has 0 radical (unpaired) electrons. The van der Waals surface area contributed by atoms with Crippen molar-refractivity contribution < 1.29 is 27.4 Å². The SMILES string of the molecule is CC1(C)C(C(=O)OCc2ccc(COCC(F)(F)F)cc2)C1(Cl)CCl. The molecule has 8 heteroatoms. The highest BCUT2D eigenvalue weighted by molar-refractivity contribution is 6.35. The molecular formula is C17H19Cl2F3O3. The zero-order valence-corrected chi connectivity index (χ0v) is 15.3. The van der Waals surface area contributed by atoms with Gasteiger partial charge in [0.05, 0.1) is 17.4 Å². The van der Waals surface area contributed by atoms with Crippen molar-refractivity contribution >= 4 is 29.2 Å². The molecule has 2 atom stereocenters. The van der Waals surface area contributed by atoms with Crippen molar-refractivity contribution in [3.8, 4) is 0 Å². The Labute approximate surface area is 154 Å². The van der Waals surface area contributed by atoms with Crippen LogP contribution in [0.4, 0.5) is 13.2 Å². The van der Waals surface area contributed by atoms with Crippen LogP contribution in [0.2, 0.25) is 0 Å². The predicted molar refractivity (Wildman–Crippen MR) is 88.5 cm³/mol. The van der Waals surface area contributed by atoms with Gasteiger partial charge in [-0.2, -0.15) is 13.2 Å². The van der Waals surface area contributed by atoms with Crippen LogP contribution in [0.1, 0.15) is 25.0 Å². The zero-order chi connectivity index (χ0) is 18.9. The van der Waals surface area contributed by atoms with Crippen LogP contribution < -0.4 is 0 Å². The van der Waals surface area contributed by atoms with Crippen molar-refractivity contribution in [1.82, 2.24) is 0 Å². The molecule has 3 nitrogen and oxygen atoms in total. The summed E-state index contributed by atoms with van der Waals surface area (Å²) in [6, 6.07) is 6.61. The summed E-state index contributed by atoms with van der Waals surface area (Å²) in [7, 11) is 0. The molecule has 1 saturated carbocycles. The Kier molecular flexibility index (Phi) is 5.96. The molecule has 2 rings (SSSR count). The Morgan fingerprint density at radius 2 is 1.68 bits per heavy atom. The molecule has 140 valence electrons. The van der Waals surface area contributed by atoms with Gasteiger partial charge >= 0.3 is 12.1 Å². The topological polar surface area (TPSA) is 35.5 Å². The molecule has 0 N–H and O–H groups in total. The van der Waals surface area contributed by atoms with E-state index in [2.05, 4.69) is 4.74 Å². The van der Waals surface area contributed by atoms with Crippen molar-refractivity contribution in [2.45, 2.75) is 38.1 Å². The molecule has 0 bridgehead atoms. The first kappa shape index (κ1) is 20.3. The number of carbonyl (C=O) groups excluding carboxylic acids is 1. The van der Waals surface area contributed by atoms with Crippen LogP contribution in [0.3, 0.4) is 0 Å². The molecule has 0 aromatic heterocycles. The summed E-state index contributed by atoms with van der Waals surface area (Å²) in [4.78, 5) is 11.4. The van der Waals surface area contributed by atoms with Gasteiger partial charge < -0.3 is 9.47 Å². The maximum atomic E-state index is 12.2. The molecular weight excluding hydrogens is 380 g/mol. The number of benzene rings is 1. The van der Waals surface area contributed by atoms with E-state index in [1.54, 1.807) is 24.3 Å². The van der Waals surface area contributed by atoms with E-state index in [9.17, 15) is 18.0 Å². The van der Waals surface area contributed by atoms with E-state index in [-0.39, 0.29) is 19.1 Å². The number of esters is 1. The van der Waals surface area contributed by atoms with Gasteiger partial charge in [0.15, 0.2) is 0 Å². The van der Waals surface area contributed by atoms with E-state index in [0.29, 0.717) is 5.56 Å². The fourth-order valence-electron chi connectivity index (χ4n) is 2.79. The first-order valence-electron chi connectivity index (χ1n) is 7.65. The number of alkyl halides is 5. The van der Waals surface area contributed by atoms with Crippen LogP contribution in [-0.2, 0) is 27.5 Å².